The molecule has 0 aliphatic carbocycles. The van der Waals surface area contributed by atoms with E-state index in [1.54, 1.807) is 0 Å². The van der Waals surface area contributed by atoms with Crippen molar-refractivity contribution in [3.05, 3.63) is 24.3 Å². The number of aliphatic hydroxyl groups is 2. The van der Waals surface area contributed by atoms with Crippen molar-refractivity contribution < 1.29 is 24.5 Å². The van der Waals surface area contributed by atoms with Crippen molar-refractivity contribution in [1.29, 1.82) is 0 Å². The molecule has 3 N–H and O–H groups in total. The van der Waals surface area contributed by atoms with Crippen molar-refractivity contribution >= 4 is 11.9 Å². The van der Waals surface area contributed by atoms with E-state index in [0.717, 1.165) is 83.5 Å². The van der Waals surface area contributed by atoms with Crippen LogP contribution in [0.5, 0.6) is 0 Å². The summed E-state index contributed by atoms with van der Waals surface area (Å²) < 4.78 is 5.44. The van der Waals surface area contributed by atoms with Crippen molar-refractivity contribution in [3.63, 3.8) is 0 Å². The highest BCUT2D eigenvalue weighted by Gasteiger charge is 2.20. The Morgan fingerprint density at radius 2 is 0.862 bits per heavy atom. The molecule has 0 radical (unpaired) electrons. The van der Waals surface area contributed by atoms with E-state index in [0.29, 0.717) is 25.9 Å². The fraction of sp³-hybridized carbons (Fsp3) is 0.885. The molecule has 0 aromatic rings. The number of amides is 1. The highest BCUT2D eigenvalue weighted by molar-refractivity contribution is 5.76. The summed E-state index contributed by atoms with van der Waals surface area (Å²) in [5.74, 6) is -0.0667. The predicted molar refractivity (Wildman–Crippen MR) is 250 cm³/mol. The number of rotatable bonds is 47. The van der Waals surface area contributed by atoms with E-state index in [1.807, 2.05) is 0 Å². The fourth-order valence-electron chi connectivity index (χ4n) is 7.79. The lowest BCUT2D eigenvalue weighted by Crippen LogP contribution is -2.45. The SMILES string of the molecule is CCCCCCCCCCCCCCCCC(=O)OCCCCC/C=C\C/C=C\CCCCCCCCCC(=O)NC(CO)C(O)CCCCCCCCCCCC. The maximum atomic E-state index is 12.4. The van der Waals surface area contributed by atoms with Crippen LogP contribution in [0.15, 0.2) is 24.3 Å². The molecule has 1 amide bonds. The summed E-state index contributed by atoms with van der Waals surface area (Å²) in [6.45, 7) is 4.89. The van der Waals surface area contributed by atoms with Crippen LogP contribution in [0.2, 0.25) is 0 Å². The summed E-state index contributed by atoms with van der Waals surface area (Å²) >= 11 is 0. The average molecular weight is 818 g/mol. The highest BCUT2D eigenvalue weighted by atomic mass is 16.5. The Bertz CT molecular complexity index is 904. The van der Waals surface area contributed by atoms with Crippen LogP contribution in [0.25, 0.3) is 0 Å². The van der Waals surface area contributed by atoms with Crippen LogP contribution in [-0.4, -0.2) is 47.4 Å². The van der Waals surface area contributed by atoms with Gasteiger partial charge in [-0.25, -0.2) is 0 Å². The van der Waals surface area contributed by atoms with E-state index in [2.05, 4.69) is 43.5 Å². The summed E-state index contributed by atoms with van der Waals surface area (Å²) in [5.41, 5.74) is 0. The Morgan fingerprint density at radius 3 is 1.31 bits per heavy atom. The minimum Gasteiger partial charge on any atom is -0.466 e. The number of unbranched alkanes of at least 4 members (excludes halogenated alkanes) is 32. The first-order chi connectivity index (χ1) is 28.5. The smallest absolute Gasteiger partial charge is 0.305 e. The van der Waals surface area contributed by atoms with Gasteiger partial charge in [0.2, 0.25) is 5.91 Å². The molecule has 0 aromatic carbocycles. The van der Waals surface area contributed by atoms with Gasteiger partial charge in [-0.2, -0.15) is 0 Å². The molecule has 6 heteroatoms. The first-order valence-corrected chi connectivity index (χ1v) is 25.6. The Labute approximate surface area is 361 Å². The second kappa shape index (κ2) is 48.0. The third-order valence-electron chi connectivity index (χ3n) is 11.8. The Morgan fingerprint density at radius 1 is 0.483 bits per heavy atom. The molecule has 2 unspecified atom stereocenters. The number of hydrogen-bond acceptors (Lipinski definition) is 5. The topological polar surface area (TPSA) is 95.9 Å². The third kappa shape index (κ3) is 43.9. The van der Waals surface area contributed by atoms with Gasteiger partial charge in [-0.05, 0) is 64.2 Å². The van der Waals surface area contributed by atoms with Gasteiger partial charge >= 0.3 is 5.97 Å². The lowest BCUT2D eigenvalue weighted by Gasteiger charge is -2.22. The van der Waals surface area contributed by atoms with E-state index in [-0.39, 0.29) is 18.5 Å². The first-order valence-electron chi connectivity index (χ1n) is 25.6. The van der Waals surface area contributed by atoms with Crippen molar-refractivity contribution in [1.82, 2.24) is 5.32 Å². The van der Waals surface area contributed by atoms with Crippen molar-refractivity contribution in [2.24, 2.45) is 0 Å². The molecule has 0 aliphatic rings. The molecule has 0 bridgehead atoms. The lowest BCUT2D eigenvalue weighted by atomic mass is 10.0. The zero-order valence-corrected chi connectivity index (χ0v) is 38.8. The zero-order chi connectivity index (χ0) is 42.3. The zero-order valence-electron chi connectivity index (χ0n) is 38.8. The summed E-state index contributed by atoms with van der Waals surface area (Å²) in [4.78, 5) is 24.4. The standard InChI is InChI=1S/C52H99NO5/c1-3-5-7-9-11-13-15-16-23-26-30-34-38-42-46-52(57)58-47-43-39-35-31-27-24-21-19-17-18-20-22-25-29-33-37-41-45-51(56)53-49(48-54)50(55)44-40-36-32-28-14-12-10-8-6-4-2/h17,19,24,27,49-50,54-55H,3-16,18,20-23,25-26,28-48H2,1-2H3,(H,53,56)/b19-17-,27-24-. The molecule has 0 saturated carbocycles. The van der Waals surface area contributed by atoms with Gasteiger partial charge in [0.1, 0.15) is 0 Å². The third-order valence-corrected chi connectivity index (χ3v) is 11.8. The van der Waals surface area contributed by atoms with E-state index in [4.69, 9.17) is 4.74 Å². The number of allylic oxidation sites excluding steroid dienone is 4. The molecule has 6 nitrogen and oxygen atoms in total. The Kier molecular flexibility index (Phi) is 46.6. The second-order valence-corrected chi connectivity index (χ2v) is 17.5. The number of hydrogen-bond donors (Lipinski definition) is 3. The van der Waals surface area contributed by atoms with Gasteiger partial charge < -0.3 is 20.3 Å². The Hall–Kier alpha value is -1.66. The molecule has 0 rings (SSSR count). The molecule has 2 atom stereocenters. The van der Waals surface area contributed by atoms with Crippen molar-refractivity contribution in [3.8, 4) is 0 Å². The van der Waals surface area contributed by atoms with E-state index in [9.17, 15) is 19.8 Å². The van der Waals surface area contributed by atoms with Gasteiger partial charge in [-0.1, -0.05) is 218 Å². The summed E-state index contributed by atoms with van der Waals surface area (Å²) in [6, 6.07) is -0.551. The minimum atomic E-state index is -0.672. The van der Waals surface area contributed by atoms with Gasteiger partial charge in [0.25, 0.3) is 0 Å². The second-order valence-electron chi connectivity index (χ2n) is 17.5. The Balaban J connectivity index is 3.48. The molecule has 58 heavy (non-hydrogen) atoms. The van der Waals surface area contributed by atoms with Crippen LogP contribution >= 0.6 is 0 Å². The largest absolute Gasteiger partial charge is 0.466 e. The van der Waals surface area contributed by atoms with Gasteiger partial charge in [0.05, 0.1) is 25.4 Å². The molecule has 0 saturated heterocycles. The predicted octanol–water partition coefficient (Wildman–Crippen LogP) is 15.1. The number of nitrogens with one attached hydrogen (secondary N) is 1. The first kappa shape index (κ1) is 56.3. The molecule has 0 aliphatic heterocycles. The molecular weight excluding hydrogens is 719 g/mol. The molecule has 0 heterocycles. The van der Waals surface area contributed by atoms with Crippen molar-refractivity contribution in [2.45, 2.75) is 283 Å². The summed E-state index contributed by atoms with van der Waals surface area (Å²) in [6.07, 6.45) is 55.8. The maximum Gasteiger partial charge on any atom is 0.305 e. The van der Waals surface area contributed by atoms with E-state index < -0.39 is 12.1 Å². The number of ether oxygens (including phenoxy) is 1. The number of aliphatic hydroxyl groups excluding tert-OH is 2. The van der Waals surface area contributed by atoms with Crippen molar-refractivity contribution in [2.75, 3.05) is 13.2 Å². The number of esters is 1. The maximum absolute atomic E-state index is 12.4. The van der Waals surface area contributed by atoms with Crippen LogP contribution < -0.4 is 5.32 Å². The normalized spacial score (nSPS) is 12.8. The van der Waals surface area contributed by atoms with Crippen LogP contribution in [0.1, 0.15) is 271 Å². The molecule has 0 fully saturated rings. The molecule has 342 valence electrons. The van der Waals surface area contributed by atoms with Crippen LogP contribution in [0.3, 0.4) is 0 Å². The fourth-order valence-corrected chi connectivity index (χ4v) is 7.79. The van der Waals surface area contributed by atoms with Crippen LogP contribution in [0.4, 0.5) is 0 Å². The molecular formula is C52H99NO5. The molecule has 0 spiro atoms. The van der Waals surface area contributed by atoms with Gasteiger partial charge in [0, 0.05) is 12.8 Å². The molecule has 0 aromatic heterocycles. The van der Waals surface area contributed by atoms with Gasteiger partial charge in [0.15, 0.2) is 0 Å². The van der Waals surface area contributed by atoms with Gasteiger partial charge in [-0.15, -0.1) is 0 Å². The van der Waals surface area contributed by atoms with Crippen LogP contribution in [0, 0.1) is 0 Å². The lowest BCUT2D eigenvalue weighted by molar-refractivity contribution is -0.143. The average Bonchev–Trinajstić information content (AvgIpc) is 3.22. The van der Waals surface area contributed by atoms with Crippen LogP contribution in [-0.2, 0) is 14.3 Å². The monoisotopic (exact) mass is 818 g/mol. The summed E-state index contributed by atoms with van der Waals surface area (Å²) in [7, 11) is 0. The number of carbonyl (C=O) groups is 2. The quantitative estimate of drug-likeness (QED) is 0.0323. The highest BCUT2D eigenvalue weighted by Crippen LogP contribution is 2.16. The number of carbonyl (C=O) groups excluding carboxylic acids is 2. The van der Waals surface area contributed by atoms with E-state index in [1.165, 1.54) is 154 Å². The van der Waals surface area contributed by atoms with E-state index >= 15 is 0 Å². The minimum absolute atomic E-state index is 0.0137. The van der Waals surface area contributed by atoms with Gasteiger partial charge in [-0.3, -0.25) is 9.59 Å². The summed E-state index contributed by atoms with van der Waals surface area (Å²) in [5, 5.41) is 23.1.